The van der Waals surface area contributed by atoms with Crippen LogP contribution in [0.3, 0.4) is 0 Å². The average Bonchev–Trinajstić information content (AvgIpc) is 2.14. The molecule has 0 unspecified atom stereocenters. The lowest BCUT2D eigenvalue weighted by Gasteiger charge is -2.23. The zero-order valence-corrected chi connectivity index (χ0v) is 12.4. The maximum atomic E-state index is 6.10. The van der Waals surface area contributed by atoms with Crippen LogP contribution < -0.4 is 0 Å². The zero-order chi connectivity index (χ0) is 12.3. The molecule has 0 fully saturated rings. The van der Waals surface area contributed by atoms with Gasteiger partial charge in [-0.25, -0.2) is 0 Å². The molecule has 1 aromatic carbocycles. The van der Waals surface area contributed by atoms with Gasteiger partial charge in [-0.3, -0.25) is 0 Å². The summed E-state index contributed by atoms with van der Waals surface area (Å²) in [4.78, 5) is 0. The molecule has 88 valence electrons. The molecule has 0 saturated carbocycles. The number of halogens is 1. The lowest BCUT2D eigenvalue weighted by atomic mass is 10.1. The van der Waals surface area contributed by atoms with E-state index in [9.17, 15) is 0 Å². The van der Waals surface area contributed by atoms with E-state index in [0.29, 0.717) is 0 Å². The summed E-state index contributed by atoms with van der Waals surface area (Å²) in [5.41, 5.74) is 2.30. The van der Waals surface area contributed by atoms with Crippen molar-refractivity contribution in [3.63, 3.8) is 0 Å². The van der Waals surface area contributed by atoms with Gasteiger partial charge in [0, 0.05) is 10.6 Å². The maximum absolute atomic E-state index is 6.10. The summed E-state index contributed by atoms with van der Waals surface area (Å²) < 4.78 is 6.10. The van der Waals surface area contributed by atoms with Crippen LogP contribution in [0.15, 0.2) is 29.8 Å². The molecule has 1 aromatic rings. The Bertz CT molecular complexity index is 383. The highest BCUT2D eigenvalue weighted by Crippen LogP contribution is 2.25. The van der Waals surface area contributed by atoms with Crippen molar-refractivity contribution in [1.29, 1.82) is 0 Å². The van der Waals surface area contributed by atoms with E-state index in [1.165, 1.54) is 5.57 Å². The molecule has 0 aliphatic heterocycles. The molecule has 0 aliphatic rings. The van der Waals surface area contributed by atoms with E-state index in [2.05, 4.69) is 33.5 Å². The molecule has 0 aromatic heterocycles. The van der Waals surface area contributed by atoms with Crippen molar-refractivity contribution >= 4 is 25.7 Å². The monoisotopic (exact) mass is 254 g/mol. The highest BCUT2D eigenvalue weighted by Gasteiger charge is 2.19. The molecule has 0 N–H and O–H groups in total. The van der Waals surface area contributed by atoms with Gasteiger partial charge in [0.15, 0.2) is 0 Å². The van der Waals surface area contributed by atoms with Crippen molar-refractivity contribution in [2.24, 2.45) is 0 Å². The smallest absolute Gasteiger partial charge is 0.242 e. The lowest BCUT2D eigenvalue weighted by Crippen LogP contribution is -2.24. The Morgan fingerprint density at radius 2 is 1.56 bits per heavy atom. The van der Waals surface area contributed by atoms with Crippen LogP contribution in [0, 0.1) is 0 Å². The average molecular weight is 255 g/mol. The Morgan fingerprint density at radius 3 is 1.94 bits per heavy atom. The van der Waals surface area contributed by atoms with E-state index in [1.807, 2.05) is 24.3 Å². The summed E-state index contributed by atoms with van der Waals surface area (Å²) >= 11 is 5.88. The standard InChI is InChI=1S/C13H19ClOSi/c1-10(2)13(15-16(3,4)5)11-6-8-12(14)9-7-11/h6-9H,1-5H3. The van der Waals surface area contributed by atoms with Crippen LogP contribution in [-0.2, 0) is 4.43 Å². The van der Waals surface area contributed by atoms with Crippen LogP contribution >= 0.6 is 11.6 Å². The van der Waals surface area contributed by atoms with E-state index in [1.54, 1.807) is 0 Å². The Hall–Kier alpha value is -0.733. The normalized spacial score (nSPS) is 11.1. The maximum Gasteiger partial charge on any atom is 0.242 e. The van der Waals surface area contributed by atoms with E-state index in [4.69, 9.17) is 16.0 Å². The third-order valence-electron chi connectivity index (χ3n) is 1.97. The number of hydrogen-bond acceptors (Lipinski definition) is 1. The van der Waals surface area contributed by atoms with Gasteiger partial charge in [0.25, 0.3) is 0 Å². The molecule has 3 heteroatoms. The summed E-state index contributed by atoms with van der Waals surface area (Å²) in [6, 6.07) is 7.80. The SMILES string of the molecule is CC(C)=C(O[Si](C)(C)C)c1ccc(Cl)cc1. The second kappa shape index (κ2) is 5.06. The second-order valence-corrected chi connectivity index (χ2v) is 9.92. The fourth-order valence-electron chi connectivity index (χ4n) is 1.36. The van der Waals surface area contributed by atoms with E-state index >= 15 is 0 Å². The van der Waals surface area contributed by atoms with Gasteiger partial charge in [-0.2, -0.15) is 0 Å². The molecule has 0 amide bonds. The predicted octanol–water partition coefficient (Wildman–Crippen LogP) is 4.94. The van der Waals surface area contributed by atoms with Gasteiger partial charge in [-0.15, -0.1) is 0 Å². The summed E-state index contributed by atoms with van der Waals surface area (Å²) in [5, 5.41) is 0.754. The predicted molar refractivity (Wildman–Crippen MR) is 74.2 cm³/mol. The first-order chi connectivity index (χ1) is 7.29. The highest BCUT2D eigenvalue weighted by atomic mass is 35.5. The van der Waals surface area contributed by atoms with Crippen LogP contribution in [0.1, 0.15) is 19.4 Å². The van der Waals surface area contributed by atoms with E-state index < -0.39 is 8.32 Å². The van der Waals surface area contributed by atoms with Crippen molar-refractivity contribution < 1.29 is 4.43 Å². The third-order valence-corrected chi connectivity index (χ3v) is 3.04. The summed E-state index contributed by atoms with van der Waals surface area (Å²) in [7, 11) is -1.57. The molecular weight excluding hydrogens is 236 g/mol. The number of benzene rings is 1. The van der Waals surface area contributed by atoms with Gasteiger partial charge in [-0.1, -0.05) is 11.6 Å². The molecule has 16 heavy (non-hydrogen) atoms. The van der Waals surface area contributed by atoms with Gasteiger partial charge in [0.05, 0.1) is 0 Å². The minimum absolute atomic E-state index is 0.754. The molecule has 0 heterocycles. The first-order valence-corrected chi connectivity index (χ1v) is 9.20. The molecule has 0 spiro atoms. The Balaban J connectivity index is 3.06. The van der Waals surface area contributed by atoms with Crippen molar-refractivity contribution in [1.82, 2.24) is 0 Å². The number of hydrogen-bond donors (Lipinski definition) is 0. The van der Waals surface area contributed by atoms with E-state index in [-0.39, 0.29) is 0 Å². The third kappa shape index (κ3) is 4.03. The van der Waals surface area contributed by atoms with Gasteiger partial charge < -0.3 is 4.43 Å². The Kier molecular flexibility index (Phi) is 4.22. The molecule has 1 nitrogen and oxygen atoms in total. The number of allylic oxidation sites excluding steroid dienone is 1. The van der Waals surface area contributed by atoms with Gasteiger partial charge in [0.2, 0.25) is 8.32 Å². The van der Waals surface area contributed by atoms with Crippen molar-refractivity contribution in [2.75, 3.05) is 0 Å². The van der Waals surface area contributed by atoms with Crippen molar-refractivity contribution in [3.05, 3.63) is 40.4 Å². The largest absolute Gasteiger partial charge is 0.544 e. The highest BCUT2D eigenvalue weighted by molar-refractivity contribution is 6.70. The van der Waals surface area contributed by atoms with Gasteiger partial charge in [-0.05, 0) is 63.3 Å². The topological polar surface area (TPSA) is 9.23 Å². The van der Waals surface area contributed by atoms with Crippen molar-refractivity contribution in [2.45, 2.75) is 33.5 Å². The van der Waals surface area contributed by atoms with Crippen LogP contribution in [-0.4, -0.2) is 8.32 Å². The fourth-order valence-corrected chi connectivity index (χ4v) is 2.42. The molecular formula is C13H19ClOSi. The van der Waals surface area contributed by atoms with Gasteiger partial charge in [0.1, 0.15) is 5.76 Å². The quantitative estimate of drug-likeness (QED) is 0.548. The molecule has 1 rings (SSSR count). The van der Waals surface area contributed by atoms with E-state index in [0.717, 1.165) is 16.3 Å². The van der Waals surface area contributed by atoms with Crippen LogP contribution in [0.5, 0.6) is 0 Å². The van der Waals surface area contributed by atoms with Crippen molar-refractivity contribution in [3.8, 4) is 0 Å². The first kappa shape index (κ1) is 13.3. The minimum Gasteiger partial charge on any atom is -0.544 e. The second-order valence-electron chi connectivity index (χ2n) is 5.05. The molecule has 0 saturated heterocycles. The number of rotatable bonds is 3. The molecule has 0 aliphatic carbocycles. The minimum atomic E-state index is -1.57. The zero-order valence-electron chi connectivity index (χ0n) is 10.6. The van der Waals surface area contributed by atoms with Crippen LogP contribution in [0.4, 0.5) is 0 Å². The lowest BCUT2D eigenvalue weighted by molar-refractivity contribution is 0.509. The van der Waals surface area contributed by atoms with Gasteiger partial charge >= 0.3 is 0 Å². The summed E-state index contributed by atoms with van der Waals surface area (Å²) in [5.74, 6) is 0.996. The fraction of sp³-hybridized carbons (Fsp3) is 0.385. The Morgan fingerprint density at radius 1 is 1.06 bits per heavy atom. The molecule has 0 radical (unpaired) electrons. The van der Waals surface area contributed by atoms with Crippen LogP contribution in [0.2, 0.25) is 24.7 Å². The van der Waals surface area contributed by atoms with Crippen LogP contribution in [0.25, 0.3) is 5.76 Å². The summed E-state index contributed by atoms with van der Waals surface area (Å²) in [6.45, 7) is 10.7. The Labute approximate surface area is 104 Å². The summed E-state index contributed by atoms with van der Waals surface area (Å²) in [6.07, 6.45) is 0. The first-order valence-electron chi connectivity index (χ1n) is 5.42. The molecule has 0 atom stereocenters. The molecule has 0 bridgehead atoms.